The molecule has 0 saturated carbocycles. The van der Waals surface area contributed by atoms with Crippen LogP contribution in [0.4, 0.5) is 5.69 Å². The topological polar surface area (TPSA) is 114 Å². The van der Waals surface area contributed by atoms with Crippen molar-refractivity contribution in [2.75, 3.05) is 18.4 Å². The molecule has 1 aliphatic heterocycles. The van der Waals surface area contributed by atoms with Gasteiger partial charge in [0.2, 0.25) is 17.7 Å². The Balaban J connectivity index is 1.33. The van der Waals surface area contributed by atoms with Gasteiger partial charge in [-0.25, -0.2) is 0 Å². The Labute approximate surface area is 216 Å². The SMILES string of the molecule is NCc1cccc(NC(=O)CN2CCCCC(NC(=O)Cc3cccc(Oc4ccccc4)c3)C2=O)c1. The van der Waals surface area contributed by atoms with Gasteiger partial charge in [0.05, 0.1) is 13.0 Å². The number of hydrogen-bond donors (Lipinski definition) is 3. The van der Waals surface area contributed by atoms with Crippen molar-refractivity contribution in [2.24, 2.45) is 5.73 Å². The molecule has 4 rings (SSSR count). The highest BCUT2D eigenvalue weighted by Gasteiger charge is 2.29. The van der Waals surface area contributed by atoms with Gasteiger partial charge in [0, 0.05) is 18.8 Å². The van der Waals surface area contributed by atoms with E-state index in [1.165, 1.54) is 4.90 Å². The molecule has 0 aliphatic carbocycles. The lowest BCUT2D eigenvalue weighted by Crippen LogP contribution is -2.49. The van der Waals surface area contributed by atoms with Crippen molar-refractivity contribution in [1.82, 2.24) is 10.2 Å². The van der Waals surface area contributed by atoms with Crippen LogP contribution in [-0.4, -0.2) is 41.8 Å². The number of para-hydroxylation sites is 1. The van der Waals surface area contributed by atoms with E-state index in [9.17, 15) is 14.4 Å². The van der Waals surface area contributed by atoms with Crippen molar-refractivity contribution < 1.29 is 19.1 Å². The summed E-state index contributed by atoms with van der Waals surface area (Å²) in [6, 6.07) is 23.4. The molecule has 4 N–H and O–H groups in total. The van der Waals surface area contributed by atoms with E-state index in [0.717, 1.165) is 24.0 Å². The molecular weight excluding hydrogens is 468 g/mol. The molecule has 37 heavy (non-hydrogen) atoms. The average molecular weight is 501 g/mol. The molecule has 0 spiro atoms. The summed E-state index contributed by atoms with van der Waals surface area (Å²) < 4.78 is 5.85. The number of likely N-dealkylation sites (tertiary alicyclic amines) is 1. The molecule has 192 valence electrons. The van der Waals surface area contributed by atoms with Crippen LogP contribution >= 0.6 is 0 Å². The molecule has 1 unspecified atom stereocenters. The van der Waals surface area contributed by atoms with E-state index in [4.69, 9.17) is 10.5 Å². The molecule has 1 fully saturated rings. The van der Waals surface area contributed by atoms with Gasteiger partial charge in [-0.15, -0.1) is 0 Å². The Morgan fingerprint density at radius 2 is 1.65 bits per heavy atom. The van der Waals surface area contributed by atoms with Gasteiger partial charge in [-0.2, -0.15) is 0 Å². The predicted octanol–water partition coefficient (Wildman–Crippen LogP) is 3.62. The summed E-state index contributed by atoms with van der Waals surface area (Å²) in [6.45, 7) is 0.775. The number of carbonyl (C=O) groups is 3. The Kier molecular flexibility index (Phi) is 8.89. The van der Waals surface area contributed by atoms with E-state index in [0.29, 0.717) is 36.7 Å². The zero-order valence-corrected chi connectivity index (χ0v) is 20.7. The quantitative estimate of drug-likeness (QED) is 0.415. The predicted molar refractivity (Wildman–Crippen MR) is 142 cm³/mol. The van der Waals surface area contributed by atoms with Gasteiger partial charge in [-0.1, -0.05) is 42.5 Å². The maximum Gasteiger partial charge on any atom is 0.245 e. The van der Waals surface area contributed by atoms with Crippen molar-refractivity contribution in [3.8, 4) is 11.5 Å². The number of hydrogen-bond acceptors (Lipinski definition) is 5. The van der Waals surface area contributed by atoms with E-state index >= 15 is 0 Å². The minimum atomic E-state index is -0.660. The molecule has 1 heterocycles. The van der Waals surface area contributed by atoms with Crippen LogP contribution in [0.1, 0.15) is 30.4 Å². The third kappa shape index (κ3) is 7.65. The molecule has 1 aliphatic rings. The number of rotatable bonds is 9. The fourth-order valence-electron chi connectivity index (χ4n) is 4.32. The van der Waals surface area contributed by atoms with Crippen molar-refractivity contribution in [3.63, 3.8) is 0 Å². The van der Waals surface area contributed by atoms with Crippen LogP contribution in [0, 0.1) is 0 Å². The number of ether oxygens (including phenoxy) is 1. The Bertz CT molecular complexity index is 1230. The first-order valence-corrected chi connectivity index (χ1v) is 12.5. The summed E-state index contributed by atoms with van der Waals surface area (Å²) >= 11 is 0. The summed E-state index contributed by atoms with van der Waals surface area (Å²) in [4.78, 5) is 40.2. The summed E-state index contributed by atoms with van der Waals surface area (Å²) in [5.41, 5.74) is 7.99. The average Bonchev–Trinajstić information content (AvgIpc) is 3.06. The first-order chi connectivity index (χ1) is 18.0. The van der Waals surface area contributed by atoms with Crippen molar-refractivity contribution in [3.05, 3.63) is 90.0 Å². The molecule has 0 aromatic heterocycles. The fraction of sp³-hybridized carbons (Fsp3) is 0.276. The molecule has 0 bridgehead atoms. The van der Waals surface area contributed by atoms with Gasteiger partial charge in [0.25, 0.3) is 0 Å². The third-order valence-electron chi connectivity index (χ3n) is 6.14. The molecule has 3 aromatic carbocycles. The normalized spacial score (nSPS) is 15.5. The highest BCUT2D eigenvalue weighted by Crippen LogP contribution is 2.22. The van der Waals surface area contributed by atoms with Crippen LogP contribution in [0.25, 0.3) is 0 Å². The van der Waals surface area contributed by atoms with E-state index in [2.05, 4.69) is 10.6 Å². The molecule has 3 amide bonds. The number of nitrogens with one attached hydrogen (secondary N) is 2. The first kappa shape index (κ1) is 25.9. The molecule has 8 nitrogen and oxygen atoms in total. The summed E-state index contributed by atoms with van der Waals surface area (Å²) in [6.07, 6.45) is 2.22. The number of carbonyl (C=O) groups excluding carboxylic acids is 3. The van der Waals surface area contributed by atoms with Crippen molar-refractivity contribution >= 4 is 23.4 Å². The Hall–Kier alpha value is -4.17. The van der Waals surface area contributed by atoms with Crippen LogP contribution in [0.5, 0.6) is 11.5 Å². The maximum absolute atomic E-state index is 13.2. The monoisotopic (exact) mass is 500 g/mol. The molecule has 8 heteroatoms. The number of nitrogens with zero attached hydrogens (tertiary/aromatic N) is 1. The zero-order chi connectivity index (χ0) is 26.0. The molecule has 1 atom stereocenters. The van der Waals surface area contributed by atoms with Crippen LogP contribution in [-0.2, 0) is 27.3 Å². The van der Waals surface area contributed by atoms with E-state index < -0.39 is 6.04 Å². The van der Waals surface area contributed by atoms with E-state index in [1.54, 1.807) is 6.07 Å². The lowest BCUT2D eigenvalue weighted by Gasteiger charge is -2.24. The van der Waals surface area contributed by atoms with Gasteiger partial charge < -0.3 is 26.0 Å². The lowest BCUT2D eigenvalue weighted by molar-refractivity contribution is -0.138. The van der Waals surface area contributed by atoms with E-state index in [-0.39, 0.29) is 30.7 Å². The minimum Gasteiger partial charge on any atom is -0.457 e. The maximum atomic E-state index is 13.2. The van der Waals surface area contributed by atoms with Crippen LogP contribution in [0.15, 0.2) is 78.9 Å². The zero-order valence-electron chi connectivity index (χ0n) is 20.7. The van der Waals surface area contributed by atoms with Gasteiger partial charge in [-0.3, -0.25) is 14.4 Å². The van der Waals surface area contributed by atoms with Crippen LogP contribution in [0.3, 0.4) is 0 Å². The number of anilines is 1. The van der Waals surface area contributed by atoms with Gasteiger partial charge >= 0.3 is 0 Å². The van der Waals surface area contributed by atoms with Gasteiger partial charge in [0.1, 0.15) is 17.5 Å². The van der Waals surface area contributed by atoms with Gasteiger partial charge in [0.15, 0.2) is 0 Å². The van der Waals surface area contributed by atoms with E-state index in [1.807, 2.05) is 72.8 Å². The van der Waals surface area contributed by atoms with Crippen LogP contribution < -0.4 is 21.1 Å². The van der Waals surface area contributed by atoms with Crippen molar-refractivity contribution in [1.29, 1.82) is 0 Å². The highest BCUT2D eigenvalue weighted by atomic mass is 16.5. The second kappa shape index (κ2) is 12.7. The third-order valence-corrected chi connectivity index (χ3v) is 6.14. The lowest BCUT2D eigenvalue weighted by atomic mass is 10.1. The standard InChI is InChI=1S/C29H32N4O4/c30-19-22-9-6-10-23(16-22)31-28(35)20-33-15-5-4-14-26(29(33)36)32-27(34)18-21-8-7-13-25(17-21)37-24-11-2-1-3-12-24/h1-3,6-13,16-17,26H,4-5,14-15,18-20,30H2,(H,31,35)(H,32,34). The molecular formula is C29H32N4O4. The molecule has 3 aromatic rings. The molecule has 1 saturated heterocycles. The number of nitrogens with two attached hydrogens (primary N) is 1. The van der Waals surface area contributed by atoms with Crippen molar-refractivity contribution in [2.45, 2.75) is 38.3 Å². The summed E-state index contributed by atoms with van der Waals surface area (Å²) in [5.74, 6) is 0.573. The Morgan fingerprint density at radius 3 is 2.46 bits per heavy atom. The summed E-state index contributed by atoms with van der Waals surface area (Å²) in [5, 5.41) is 5.71. The second-order valence-corrected chi connectivity index (χ2v) is 9.07. The Morgan fingerprint density at radius 1 is 0.892 bits per heavy atom. The largest absolute Gasteiger partial charge is 0.457 e. The minimum absolute atomic E-state index is 0.0725. The molecule has 0 radical (unpaired) electrons. The van der Waals surface area contributed by atoms with Gasteiger partial charge in [-0.05, 0) is 66.8 Å². The summed E-state index contributed by atoms with van der Waals surface area (Å²) in [7, 11) is 0. The number of benzene rings is 3. The first-order valence-electron chi connectivity index (χ1n) is 12.5. The second-order valence-electron chi connectivity index (χ2n) is 9.07. The fourth-order valence-corrected chi connectivity index (χ4v) is 4.32. The smallest absolute Gasteiger partial charge is 0.245 e. The number of amides is 3. The van der Waals surface area contributed by atoms with Crippen LogP contribution in [0.2, 0.25) is 0 Å². The highest BCUT2D eigenvalue weighted by molar-refractivity contribution is 5.96.